The van der Waals surface area contributed by atoms with E-state index in [9.17, 15) is 18.0 Å². The number of benzene rings is 1. The minimum atomic E-state index is -4.42. The van der Waals surface area contributed by atoms with Gasteiger partial charge in [0.1, 0.15) is 0 Å². The van der Waals surface area contributed by atoms with Gasteiger partial charge >= 0.3 is 6.18 Å². The molecule has 0 spiro atoms. The Bertz CT molecular complexity index is 486. The highest BCUT2D eigenvalue weighted by Gasteiger charge is 2.30. The van der Waals surface area contributed by atoms with Crippen LogP contribution in [0.4, 0.5) is 13.2 Å². The fourth-order valence-corrected chi connectivity index (χ4v) is 3.73. The number of halogens is 3. The minimum Gasteiger partial charge on any atom is -0.289 e. The maximum Gasteiger partial charge on any atom is 0.416 e. The predicted octanol–water partition coefficient (Wildman–Crippen LogP) is 4.21. The first-order valence-corrected chi connectivity index (χ1v) is 7.13. The molecule has 1 fully saturated rings. The lowest BCUT2D eigenvalue weighted by atomic mass is 10.1. The number of hydrogen-bond acceptors (Lipinski definition) is 3. The van der Waals surface area contributed by atoms with Crippen molar-refractivity contribution in [3.05, 3.63) is 45.7 Å². The van der Waals surface area contributed by atoms with Crippen LogP contribution in [0.15, 0.2) is 34.6 Å². The zero-order chi connectivity index (χ0) is 13.2. The lowest BCUT2D eigenvalue weighted by Crippen LogP contribution is -2.06. The van der Waals surface area contributed by atoms with Gasteiger partial charge in [0, 0.05) is 27.4 Å². The van der Waals surface area contributed by atoms with E-state index in [1.807, 2.05) is 0 Å². The number of carbonyl (C=O) groups excluding carboxylic acids is 1. The second-order valence-electron chi connectivity index (χ2n) is 3.60. The Labute approximate surface area is 111 Å². The third-order valence-electron chi connectivity index (χ3n) is 2.30. The van der Waals surface area contributed by atoms with Crippen molar-refractivity contribution in [2.75, 3.05) is 11.5 Å². The highest BCUT2D eigenvalue weighted by atomic mass is 32.2. The van der Waals surface area contributed by atoms with Gasteiger partial charge in [0.05, 0.1) is 5.56 Å². The van der Waals surface area contributed by atoms with Crippen molar-refractivity contribution in [3.8, 4) is 0 Å². The highest BCUT2D eigenvalue weighted by Crippen LogP contribution is 2.36. The summed E-state index contributed by atoms with van der Waals surface area (Å²) >= 11 is 3.11. The Morgan fingerprint density at radius 2 is 1.89 bits per heavy atom. The van der Waals surface area contributed by atoms with Gasteiger partial charge in [-0.1, -0.05) is 12.1 Å². The molecule has 0 unspecified atom stereocenters. The smallest absolute Gasteiger partial charge is 0.289 e. The first-order valence-electron chi connectivity index (χ1n) is 5.16. The number of allylic oxidation sites excluding steroid dienone is 1. The first kappa shape index (κ1) is 13.5. The summed E-state index contributed by atoms with van der Waals surface area (Å²) < 4.78 is 38.4. The summed E-state index contributed by atoms with van der Waals surface area (Å²) in [6, 6.07) is 4.51. The van der Waals surface area contributed by atoms with Crippen LogP contribution in [0.5, 0.6) is 0 Å². The molecule has 0 amide bonds. The zero-order valence-corrected chi connectivity index (χ0v) is 10.8. The van der Waals surface area contributed by atoms with Crippen molar-refractivity contribution in [1.29, 1.82) is 0 Å². The van der Waals surface area contributed by atoms with Gasteiger partial charge < -0.3 is 0 Å². The van der Waals surface area contributed by atoms with Crippen LogP contribution in [-0.4, -0.2) is 17.3 Å². The van der Waals surface area contributed by atoms with E-state index < -0.39 is 11.7 Å². The quantitative estimate of drug-likeness (QED) is 0.600. The van der Waals surface area contributed by atoms with Gasteiger partial charge in [0.15, 0.2) is 5.78 Å². The van der Waals surface area contributed by atoms with E-state index in [-0.39, 0.29) is 11.3 Å². The number of carbonyl (C=O) groups is 1. The molecule has 1 saturated heterocycles. The zero-order valence-electron chi connectivity index (χ0n) is 9.16. The fraction of sp³-hybridized carbons (Fsp3) is 0.250. The largest absolute Gasteiger partial charge is 0.416 e. The summed E-state index contributed by atoms with van der Waals surface area (Å²) in [7, 11) is 0. The maximum absolute atomic E-state index is 12.5. The summed E-state index contributed by atoms with van der Waals surface area (Å²) in [5.41, 5.74) is -0.719. The van der Waals surface area contributed by atoms with Crippen molar-refractivity contribution in [2.45, 2.75) is 6.18 Å². The van der Waals surface area contributed by atoms with Crippen LogP contribution in [0.2, 0.25) is 0 Å². The molecule has 96 valence electrons. The monoisotopic (exact) mass is 290 g/mol. The Morgan fingerprint density at radius 1 is 1.22 bits per heavy atom. The lowest BCUT2D eigenvalue weighted by molar-refractivity contribution is -0.137. The topological polar surface area (TPSA) is 17.1 Å². The van der Waals surface area contributed by atoms with E-state index in [4.69, 9.17) is 0 Å². The van der Waals surface area contributed by atoms with Gasteiger partial charge in [-0.25, -0.2) is 0 Å². The number of rotatable bonds is 2. The van der Waals surface area contributed by atoms with Gasteiger partial charge in [-0.05, 0) is 12.1 Å². The molecule has 18 heavy (non-hydrogen) atoms. The van der Waals surface area contributed by atoms with Crippen LogP contribution in [0.3, 0.4) is 0 Å². The standard InChI is InChI=1S/C12H9F3OS2/c13-12(14,15)9-3-1-2-8(6-9)10(16)7-11-17-4-5-18-11/h1-3,6-7H,4-5H2. The molecule has 2 rings (SSSR count). The van der Waals surface area contributed by atoms with Crippen LogP contribution in [-0.2, 0) is 6.18 Å². The van der Waals surface area contributed by atoms with Gasteiger partial charge in [-0.15, -0.1) is 23.5 Å². The third kappa shape index (κ3) is 3.32. The average molecular weight is 290 g/mol. The third-order valence-corrected chi connectivity index (χ3v) is 4.88. The van der Waals surface area contributed by atoms with E-state index in [0.29, 0.717) is 0 Å². The molecule has 1 aromatic carbocycles. The van der Waals surface area contributed by atoms with Gasteiger partial charge in [0.2, 0.25) is 0 Å². The molecule has 0 atom stereocenters. The van der Waals surface area contributed by atoms with E-state index >= 15 is 0 Å². The molecule has 0 radical (unpaired) electrons. The molecule has 0 saturated carbocycles. The van der Waals surface area contributed by atoms with E-state index in [1.165, 1.54) is 18.2 Å². The summed E-state index contributed by atoms with van der Waals surface area (Å²) in [4.78, 5) is 11.8. The summed E-state index contributed by atoms with van der Waals surface area (Å²) in [6.07, 6.45) is -3.00. The molecule has 1 aliphatic rings. The normalized spacial score (nSPS) is 15.8. The Morgan fingerprint density at radius 3 is 2.50 bits per heavy atom. The van der Waals surface area contributed by atoms with Gasteiger partial charge in [-0.3, -0.25) is 4.79 Å². The number of hydrogen-bond donors (Lipinski definition) is 0. The van der Waals surface area contributed by atoms with E-state index in [1.54, 1.807) is 23.5 Å². The fourth-order valence-electron chi connectivity index (χ4n) is 1.45. The minimum absolute atomic E-state index is 0.0745. The van der Waals surface area contributed by atoms with E-state index in [0.717, 1.165) is 27.9 Å². The number of thioether (sulfide) groups is 2. The Hall–Kier alpha value is -0.880. The number of alkyl halides is 3. The molecule has 1 heterocycles. The molecule has 1 nitrogen and oxygen atoms in total. The predicted molar refractivity (Wildman–Crippen MR) is 68.8 cm³/mol. The van der Waals surface area contributed by atoms with E-state index in [2.05, 4.69) is 0 Å². The SMILES string of the molecule is O=C(C=C1SCCS1)c1cccc(C(F)(F)F)c1. The molecule has 1 aromatic rings. The van der Waals surface area contributed by atoms with Gasteiger partial charge in [-0.2, -0.15) is 13.2 Å². The van der Waals surface area contributed by atoms with Crippen molar-refractivity contribution in [1.82, 2.24) is 0 Å². The van der Waals surface area contributed by atoms with Crippen molar-refractivity contribution >= 4 is 29.3 Å². The maximum atomic E-state index is 12.5. The van der Waals surface area contributed by atoms with Crippen molar-refractivity contribution in [2.24, 2.45) is 0 Å². The molecule has 0 N–H and O–H groups in total. The van der Waals surface area contributed by atoms with Crippen LogP contribution < -0.4 is 0 Å². The highest BCUT2D eigenvalue weighted by molar-refractivity contribution is 8.25. The van der Waals surface area contributed by atoms with Crippen LogP contribution >= 0.6 is 23.5 Å². The lowest BCUT2D eigenvalue weighted by Gasteiger charge is -2.07. The summed E-state index contributed by atoms with van der Waals surface area (Å²) in [5.74, 6) is 1.50. The average Bonchev–Trinajstić information content (AvgIpc) is 2.81. The van der Waals surface area contributed by atoms with Crippen LogP contribution in [0.1, 0.15) is 15.9 Å². The molecule has 0 bridgehead atoms. The first-order chi connectivity index (χ1) is 8.47. The van der Waals surface area contributed by atoms with Crippen molar-refractivity contribution in [3.63, 3.8) is 0 Å². The molecule has 1 aliphatic heterocycles. The van der Waals surface area contributed by atoms with Crippen molar-refractivity contribution < 1.29 is 18.0 Å². The molecule has 0 aliphatic carbocycles. The summed E-state index contributed by atoms with van der Waals surface area (Å²) in [6.45, 7) is 0. The second kappa shape index (κ2) is 5.40. The van der Waals surface area contributed by atoms with Crippen LogP contribution in [0, 0.1) is 0 Å². The molecule has 6 heteroatoms. The summed E-state index contributed by atoms with van der Waals surface area (Å²) in [5, 5.41) is 0. The molecular weight excluding hydrogens is 281 g/mol. The molecule has 0 aromatic heterocycles. The second-order valence-corrected chi connectivity index (χ2v) is 6.14. The van der Waals surface area contributed by atoms with Crippen LogP contribution in [0.25, 0.3) is 0 Å². The number of ketones is 1. The van der Waals surface area contributed by atoms with Gasteiger partial charge in [0.25, 0.3) is 0 Å². The molecular formula is C12H9F3OS2. The Kier molecular flexibility index (Phi) is 4.07. The Balaban J connectivity index is 2.23.